The number of allylic oxidation sites excluding steroid dienone is 2. The monoisotopic (exact) mass is 300 g/mol. The minimum atomic E-state index is -4.91. The van der Waals surface area contributed by atoms with Crippen molar-refractivity contribution in [2.45, 2.75) is 36.7 Å². The van der Waals surface area contributed by atoms with Crippen LogP contribution in [0.4, 0.5) is 13.2 Å². The molecule has 114 valence electrons. The van der Waals surface area contributed by atoms with Gasteiger partial charge in [-0.25, -0.2) is 0 Å². The molecule has 0 aromatic carbocycles. The van der Waals surface area contributed by atoms with E-state index in [0.717, 1.165) is 0 Å². The second kappa shape index (κ2) is 4.43. The first kappa shape index (κ1) is 14.3. The number of nitrogens with zero attached hydrogens (tertiary/aromatic N) is 1. The Balaban J connectivity index is 1.99. The summed E-state index contributed by atoms with van der Waals surface area (Å²) in [4.78, 5) is 15.8. The largest absolute Gasteiger partial charge is 0.471 e. The maximum absolute atomic E-state index is 12.6. The number of halogens is 3. The minimum absolute atomic E-state index is 0.322. The summed E-state index contributed by atoms with van der Waals surface area (Å²) < 4.78 is 43.4. The summed E-state index contributed by atoms with van der Waals surface area (Å²) in [6, 6.07) is 0. The van der Waals surface area contributed by atoms with Gasteiger partial charge in [-0.2, -0.15) is 13.2 Å². The lowest BCUT2D eigenvalue weighted by molar-refractivity contribution is -0.176. The Morgan fingerprint density at radius 2 is 2.24 bits per heavy atom. The molecule has 0 aromatic rings. The molecule has 1 saturated carbocycles. The van der Waals surface area contributed by atoms with Crippen LogP contribution in [0.1, 0.15) is 19.3 Å². The van der Waals surface area contributed by atoms with Crippen molar-refractivity contribution in [3.05, 3.63) is 24.3 Å². The second-order valence-corrected chi connectivity index (χ2v) is 5.53. The van der Waals surface area contributed by atoms with Crippen molar-refractivity contribution in [1.29, 1.82) is 0 Å². The highest BCUT2D eigenvalue weighted by Gasteiger charge is 2.62. The Kier molecular flexibility index (Phi) is 3.02. The molecular formula is C14H15F3N2O2. The van der Waals surface area contributed by atoms with Gasteiger partial charge >= 0.3 is 12.1 Å². The van der Waals surface area contributed by atoms with Gasteiger partial charge in [0.2, 0.25) is 0 Å². The van der Waals surface area contributed by atoms with E-state index in [1.807, 2.05) is 6.08 Å². The van der Waals surface area contributed by atoms with E-state index in [1.165, 1.54) is 7.11 Å². The molecule has 1 N–H and O–H groups in total. The fourth-order valence-electron chi connectivity index (χ4n) is 3.65. The molecule has 1 aliphatic heterocycles. The number of carbonyl (C=O) groups excluding carboxylic acids is 1. The molecule has 0 radical (unpaired) electrons. The van der Waals surface area contributed by atoms with Gasteiger partial charge in [-0.05, 0) is 31.4 Å². The van der Waals surface area contributed by atoms with Gasteiger partial charge in [-0.3, -0.25) is 9.79 Å². The van der Waals surface area contributed by atoms with Gasteiger partial charge < -0.3 is 10.1 Å². The van der Waals surface area contributed by atoms with E-state index in [9.17, 15) is 18.0 Å². The van der Waals surface area contributed by atoms with Crippen LogP contribution in [0, 0.1) is 5.92 Å². The molecule has 1 amide bonds. The molecule has 7 heteroatoms. The number of hydrogen-bond donors (Lipinski definition) is 1. The first-order chi connectivity index (χ1) is 9.84. The summed E-state index contributed by atoms with van der Waals surface area (Å²) in [6.07, 6.45) is 3.91. The van der Waals surface area contributed by atoms with Gasteiger partial charge in [0.1, 0.15) is 11.3 Å². The van der Waals surface area contributed by atoms with E-state index in [1.54, 1.807) is 18.2 Å². The Bertz CT molecular complexity index is 567. The van der Waals surface area contributed by atoms with Crippen molar-refractivity contribution >= 4 is 11.6 Å². The van der Waals surface area contributed by atoms with Crippen molar-refractivity contribution in [1.82, 2.24) is 5.32 Å². The first-order valence-corrected chi connectivity index (χ1v) is 6.75. The topological polar surface area (TPSA) is 50.7 Å². The van der Waals surface area contributed by atoms with Crippen molar-refractivity contribution in [2.24, 2.45) is 10.9 Å². The van der Waals surface area contributed by atoms with Crippen molar-refractivity contribution in [2.75, 3.05) is 7.11 Å². The average Bonchev–Trinajstić information content (AvgIpc) is 2.92. The zero-order chi connectivity index (χ0) is 15.3. The summed E-state index contributed by atoms with van der Waals surface area (Å²) in [6.45, 7) is 0. The van der Waals surface area contributed by atoms with E-state index < -0.39 is 23.3 Å². The molecule has 2 aliphatic carbocycles. The standard InChI is InChI=1S/C14H15F3N2O2/c1-21-12-7-3-2-6-10(12)18-13(8-4-5-9(12)13)19-11(20)14(15,16)17/h2-3,6-7,9H,4-5,8H2,1H3,(H,19,20)/t9-,12-,13+/m0/s1. The Hall–Kier alpha value is -1.63. The Morgan fingerprint density at radius 1 is 1.48 bits per heavy atom. The third-order valence-electron chi connectivity index (χ3n) is 4.50. The number of alkyl halides is 3. The number of amides is 1. The van der Waals surface area contributed by atoms with Crippen LogP contribution in [-0.2, 0) is 9.53 Å². The van der Waals surface area contributed by atoms with Crippen LogP contribution in [0.2, 0.25) is 0 Å². The van der Waals surface area contributed by atoms with Crippen LogP contribution in [-0.4, -0.2) is 36.2 Å². The quantitative estimate of drug-likeness (QED) is 0.849. The lowest BCUT2D eigenvalue weighted by Gasteiger charge is -2.37. The van der Waals surface area contributed by atoms with Gasteiger partial charge in [-0.1, -0.05) is 12.2 Å². The third-order valence-corrected chi connectivity index (χ3v) is 4.50. The number of hydrogen-bond acceptors (Lipinski definition) is 3. The average molecular weight is 300 g/mol. The van der Waals surface area contributed by atoms with Gasteiger partial charge in [0.15, 0.2) is 0 Å². The normalized spacial score (nSPS) is 37.1. The van der Waals surface area contributed by atoms with Gasteiger partial charge in [0.05, 0.1) is 5.71 Å². The SMILES string of the molecule is CO[C@]12C=CC=CC1=N[C@@]1(NC(=O)C(F)(F)F)CCC[C@H]12. The molecule has 0 unspecified atom stereocenters. The third kappa shape index (κ3) is 1.94. The number of rotatable bonds is 2. The van der Waals surface area contributed by atoms with Crippen LogP contribution in [0.5, 0.6) is 0 Å². The predicted molar refractivity (Wildman–Crippen MR) is 69.7 cm³/mol. The van der Waals surface area contributed by atoms with Crippen molar-refractivity contribution in [3.63, 3.8) is 0 Å². The number of aliphatic imine (C=N–C) groups is 1. The minimum Gasteiger partial charge on any atom is -0.367 e. The van der Waals surface area contributed by atoms with Crippen molar-refractivity contribution < 1.29 is 22.7 Å². The van der Waals surface area contributed by atoms with Crippen LogP contribution < -0.4 is 5.32 Å². The maximum Gasteiger partial charge on any atom is 0.471 e. The summed E-state index contributed by atoms with van der Waals surface area (Å²) in [5.74, 6) is -2.27. The van der Waals surface area contributed by atoms with E-state index in [-0.39, 0.29) is 5.92 Å². The highest BCUT2D eigenvalue weighted by molar-refractivity contribution is 6.07. The molecule has 3 aliphatic rings. The number of carbonyl (C=O) groups is 1. The number of methoxy groups -OCH3 is 1. The summed E-state index contributed by atoms with van der Waals surface area (Å²) in [7, 11) is 1.51. The molecular weight excluding hydrogens is 285 g/mol. The molecule has 0 bridgehead atoms. The highest BCUT2D eigenvalue weighted by Crippen LogP contribution is 2.51. The van der Waals surface area contributed by atoms with Crippen LogP contribution >= 0.6 is 0 Å². The molecule has 3 atom stereocenters. The van der Waals surface area contributed by atoms with Crippen molar-refractivity contribution in [3.8, 4) is 0 Å². The van der Waals surface area contributed by atoms with E-state index >= 15 is 0 Å². The van der Waals surface area contributed by atoms with Gasteiger partial charge in [-0.15, -0.1) is 0 Å². The van der Waals surface area contributed by atoms with E-state index in [0.29, 0.717) is 25.0 Å². The molecule has 1 fully saturated rings. The molecule has 4 nitrogen and oxygen atoms in total. The molecule has 1 heterocycles. The van der Waals surface area contributed by atoms with Crippen LogP contribution in [0.15, 0.2) is 29.3 Å². The fourth-order valence-corrected chi connectivity index (χ4v) is 3.65. The zero-order valence-electron chi connectivity index (χ0n) is 11.4. The molecule has 21 heavy (non-hydrogen) atoms. The summed E-state index contributed by atoms with van der Waals surface area (Å²) in [5.41, 5.74) is -1.50. The molecule has 0 spiro atoms. The smallest absolute Gasteiger partial charge is 0.367 e. The molecule has 0 aromatic heterocycles. The Morgan fingerprint density at radius 3 is 2.90 bits per heavy atom. The fraction of sp³-hybridized carbons (Fsp3) is 0.571. The second-order valence-electron chi connectivity index (χ2n) is 5.53. The maximum atomic E-state index is 12.6. The van der Waals surface area contributed by atoms with Gasteiger partial charge in [0.25, 0.3) is 0 Å². The number of fused-ring (bicyclic) bond motifs is 3. The molecule has 3 rings (SSSR count). The zero-order valence-corrected chi connectivity index (χ0v) is 11.4. The lowest BCUT2D eigenvalue weighted by Crippen LogP contribution is -2.56. The lowest BCUT2D eigenvalue weighted by atomic mass is 9.78. The Labute approximate surface area is 119 Å². The predicted octanol–water partition coefficient (Wildman–Crippen LogP) is 2.13. The van der Waals surface area contributed by atoms with Crippen LogP contribution in [0.25, 0.3) is 0 Å². The first-order valence-electron chi connectivity index (χ1n) is 6.75. The van der Waals surface area contributed by atoms with Crippen LogP contribution in [0.3, 0.4) is 0 Å². The summed E-state index contributed by atoms with van der Waals surface area (Å²) in [5, 5.41) is 2.11. The van der Waals surface area contributed by atoms with E-state index in [4.69, 9.17) is 4.74 Å². The molecule has 0 saturated heterocycles. The summed E-state index contributed by atoms with van der Waals surface area (Å²) >= 11 is 0. The highest BCUT2D eigenvalue weighted by atomic mass is 19.4. The number of ether oxygens (including phenoxy) is 1. The van der Waals surface area contributed by atoms with E-state index in [2.05, 4.69) is 10.3 Å². The van der Waals surface area contributed by atoms with Gasteiger partial charge in [0, 0.05) is 13.0 Å². The number of nitrogens with one attached hydrogen (secondary N) is 1.